The second-order valence-corrected chi connectivity index (χ2v) is 5.46. The van der Waals surface area contributed by atoms with Gasteiger partial charge in [-0.3, -0.25) is 4.79 Å². The molecule has 0 aromatic carbocycles. The van der Waals surface area contributed by atoms with Crippen molar-refractivity contribution in [2.24, 2.45) is 0 Å². The normalized spacial score (nSPS) is 10.5. The molecule has 1 amide bonds. The molecule has 0 fully saturated rings. The van der Waals surface area contributed by atoms with Crippen LogP contribution in [-0.4, -0.2) is 27.4 Å². The van der Waals surface area contributed by atoms with Crippen molar-refractivity contribution in [3.63, 3.8) is 0 Å². The van der Waals surface area contributed by atoms with Crippen molar-refractivity contribution in [3.8, 4) is 6.07 Å². The molecule has 0 spiro atoms. The van der Waals surface area contributed by atoms with Gasteiger partial charge in [0.1, 0.15) is 6.07 Å². The molecule has 0 atom stereocenters. The average Bonchev–Trinajstić information content (AvgIpc) is 2.05. The minimum Gasteiger partial charge on any atom is -0.396 e. The van der Waals surface area contributed by atoms with Crippen LogP contribution < -0.4 is 5.32 Å². The van der Waals surface area contributed by atoms with Gasteiger partial charge in [-0.1, -0.05) is 0 Å². The second kappa shape index (κ2) is 5.51. The van der Waals surface area contributed by atoms with Crippen LogP contribution in [0.1, 0.15) is 6.42 Å². The van der Waals surface area contributed by atoms with E-state index in [-0.39, 0.29) is 6.61 Å². The number of aliphatic hydroxyl groups is 1. The van der Waals surface area contributed by atoms with Crippen molar-refractivity contribution in [1.82, 2.24) is 5.32 Å². The number of hydrogen-bond acceptors (Lipinski definition) is 3. The van der Waals surface area contributed by atoms with Crippen molar-refractivity contribution < 1.29 is 9.90 Å². The van der Waals surface area contributed by atoms with Crippen LogP contribution in [0.25, 0.3) is 0 Å². The van der Waals surface area contributed by atoms with E-state index in [1.54, 1.807) is 6.07 Å². The Labute approximate surface area is 87.2 Å². The quantitative estimate of drug-likeness (QED) is 0.586. The van der Waals surface area contributed by atoms with E-state index in [1.165, 1.54) is 0 Å². The van der Waals surface area contributed by atoms with Gasteiger partial charge in [0.25, 0.3) is 5.91 Å². The van der Waals surface area contributed by atoms with Crippen molar-refractivity contribution in [2.75, 3.05) is 13.2 Å². The van der Waals surface area contributed by atoms with Gasteiger partial charge >= 0.3 is 0 Å². The summed E-state index contributed by atoms with van der Waals surface area (Å²) >= 11 is 5.76. The molecule has 4 nitrogen and oxygen atoms in total. The smallest absolute Gasteiger partial charge is 0.262 e. The molecule has 0 aliphatic heterocycles. The van der Waals surface area contributed by atoms with Crippen molar-refractivity contribution in [1.29, 1.82) is 5.26 Å². The topological polar surface area (TPSA) is 73.1 Å². The number of nitrogens with zero attached hydrogens (tertiary/aromatic N) is 1. The number of alkyl halides is 2. The van der Waals surface area contributed by atoms with Crippen LogP contribution in [0.15, 0.2) is 0 Å². The summed E-state index contributed by atoms with van der Waals surface area (Å²) in [5.74, 6) is -0.460. The van der Waals surface area contributed by atoms with Crippen LogP contribution in [0.4, 0.5) is 0 Å². The highest BCUT2D eigenvalue weighted by Crippen LogP contribution is 2.24. The van der Waals surface area contributed by atoms with Crippen LogP contribution in [0, 0.1) is 11.3 Å². The maximum Gasteiger partial charge on any atom is 0.262 e. The Bertz CT molecular complexity index is 200. The van der Waals surface area contributed by atoms with E-state index in [0.717, 1.165) is 0 Å². The number of aliphatic hydroxyl groups excluding tert-OH is 1. The van der Waals surface area contributed by atoms with Gasteiger partial charge in [-0.05, 0) is 38.3 Å². The number of rotatable bonds is 4. The first-order chi connectivity index (χ1) is 5.54. The molecule has 6 heteroatoms. The average molecular weight is 300 g/mol. The molecular formula is C6H8Br2N2O2. The van der Waals surface area contributed by atoms with Gasteiger partial charge in [-0.25, -0.2) is 0 Å². The summed E-state index contributed by atoms with van der Waals surface area (Å²) in [6.07, 6.45) is 0.479. The van der Waals surface area contributed by atoms with Gasteiger partial charge in [0, 0.05) is 13.2 Å². The molecule has 0 rings (SSSR count). The molecule has 0 saturated carbocycles. The highest BCUT2D eigenvalue weighted by molar-refractivity contribution is 9.26. The summed E-state index contributed by atoms with van der Waals surface area (Å²) in [6.45, 7) is 0.375. The Morgan fingerprint density at radius 2 is 2.25 bits per heavy atom. The van der Waals surface area contributed by atoms with Crippen molar-refractivity contribution in [2.45, 2.75) is 9.65 Å². The molecule has 0 bridgehead atoms. The minimum atomic E-state index is -1.35. The third-order valence-electron chi connectivity index (χ3n) is 1.05. The third-order valence-corrected chi connectivity index (χ3v) is 2.12. The molecule has 0 unspecified atom stereocenters. The van der Waals surface area contributed by atoms with E-state index in [2.05, 4.69) is 37.2 Å². The van der Waals surface area contributed by atoms with Crippen LogP contribution in [-0.2, 0) is 4.79 Å². The van der Waals surface area contributed by atoms with Crippen LogP contribution in [0.3, 0.4) is 0 Å². The molecule has 0 radical (unpaired) electrons. The first-order valence-electron chi connectivity index (χ1n) is 3.23. The molecule has 0 aromatic heterocycles. The van der Waals surface area contributed by atoms with E-state index >= 15 is 0 Å². The fraction of sp³-hybridized carbons (Fsp3) is 0.667. The number of carbonyl (C=O) groups excluding carboxylic acids is 1. The molecule has 0 aliphatic rings. The number of nitriles is 1. The molecule has 0 aliphatic carbocycles. The zero-order chi connectivity index (χ0) is 9.61. The van der Waals surface area contributed by atoms with Gasteiger partial charge in [0.2, 0.25) is 3.23 Å². The summed E-state index contributed by atoms with van der Waals surface area (Å²) in [4.78, 5) is 11.1. The van der Waals surface area contributed by atoms with Gasteiger partial charge in [0.15, 0.2) is 0 Å². The van der Waals surface area contributed by atoms with Crippen LogP contribution >= 0.6 is 31.9 Å². The van der Waals surface area contributed by atoms with E-state index in [1.807, 2.05) is 0 Å². The first kappa shape index (κ1) is 11.9. The van der Waals surface area contributed by atoms with Gasteiger partial charge in [0.05, 0.1) is 0 Å². The molecule has 0 aromatic rings. The number of amides is 1. The maximum atomic E-state index is 11.1. The van der Waals surface area contributed by atoms with E-state index < -0.39 is 9.14 Å². The summed E-state index contributed by atoms with van der Waals surface area (Å²) in [7, 11) is 0. The highest BCUT2D eigenvalue weighted by Gasteiger charge is 2.31. The standard InChI is InChI=1S/C6H8Br2N2O2/c7-6(8,4-9)5(12)10-2-1-3-11/h11H,1-3H2,(H,10,12). The monoisotopic (exact) mass is 298 g/mol. The summed E-state index contributed by atoms with van der Waals surface area (Å²) < 4.78 is -1.35. The predicted octanol–water partition coefficient (Wildman–Crippen LogP) is 0.495. The molecular weight excluding hydrogens is 292 g/mol. The lowest BCUT2D eigenvalue weighted by Gasteiger charge is -2.10. The van der Waals surface area contributed by atoms with Crippen LogP contribution in [0.5, 0.6) is 0 Å². The third kappa shape index (κ3) is 4.04. The summed E-state index contributed by atoms with van der Waals surface area (Å²) in [5.41, 5.74) is 0. The van der Waals surface area contributed by atoms with Gasteiger partial charge in [-0.2, -0.15) is 5.26 Å². The zero-order valence-corrected chi connectivity index (χ0v) is 9.35. The van der Waals surface area contributed by atoms with Gasteiger partial charge in [-0.15, -0.1) is 0 Å². The fourth-order valence-corrected chi connectivity index (χ4v) is 0.723. The Kier molecular flexibility index (Phi) is 5.46. The Morgan fingerprint density at radius 1 is 1.67 bits per heavy atom. The lowest BCUT2D eigenvalue weighted by molar-refractivity contribution is -0.120. The molecule has 12 heavy (non-hydrogen) atoms. The van der Waals surface area contributed by atoms with E-state index in [9.17, 15) is 4.79 Å². The first-order valence-corrected chi connectivity index (χ1v) is 4.81. The van der Waals surface area contributed by atoms with E-state index in [4.69, 9.17) is 10.4 Å². The minimum absolute atomic E-state index is 0.0183. The highest BCUT2D eigenvalue weighted by atomic mass is 79.9. The van der Waals surface area contributed by atoms with Crippen molar-refractivity contribution in [3.05, 3.63) is 0 Å². The molecule has 68 valence electrons. The zero-order valence-electron chi connectivity index (χ0n) is 6.18. The lowest BCUT2D eigenvalue weighted by Crippen LogP contribution is -2.37. The fourth-order valence-electron chi connectivity index (χ4n) is 0.443. The number of nitrogens with one attached hydrogen (secondary N) is 1. The molecule has 0 saturated heterocycles. The SMILES string of the molecule is N#CC(Br)(Br)C(=O)NCCCO. The van der Waals surface area contributed by atoms with E-state index in [0.29, 0.717) is 13.0 Å². The molecule has 2 N–H and O–H groups in total. The Hall–Kier alpha value is -0.120. The maximum absolute atomic E-state index is 11.1. The van der Waals surface area contributed by atoms with Crippen molar-refractivity contribution >= 4 is 37.8 Å². The largest absolute Gasteiger partial charge is 0.396 e. The number of carbonyl (C=O) groups is 1. The summed E-state index contributed by atoms with van der Waals surface area (Å²) in [5, 5.41) is 19.3. The van der Waals surface area contributed by atoms with Gasteiger partial charge < -0.3 is 10.4 Å². The number of hydrogen-bond donors (Lipinski definition) is 2. The van der Waals surface area contributed by atoms with Crippen LogP contribution in [0.2, 0.25) is 0 Å². The number of halogens is 2. The molecule has 0 heterocycles. The second-order valence-electron chi connectivity index (χ2n) is 2.02. The summed E-state index contributed by atoms with van der Waals surface area (Å²) in [6, 6.07) is 1.73. The Morgan fingerprint density at radius 3 is 2.67 bits per heavy atom. The lowest BCUT2D eigenvalue weighted by atomic mass is 10.4. The predicted molar refractivity (Wildman–Crippen MR) is 50.9 cm³/mol. The Balaban J connectivity index is 3.82.